The Labute approximate surface area is 77.1 Å². The zero-order valence-electron chi connectivity index (χ0n) is 8.50. The van der Waals surface area contributed by atoms with Crippen molar-refractivity contribution in [2.75, 3.05) is 27.2 Å². The van der Waals surface area contributed by atoms with E-state index in [0.717, 1.165) is 0 Å². The van der Waals surface area contributed by atoms with Gasteiger partial charge in [0.05, 0.1) is 6.54 Å². The van der Waals surface area contributed by atoms with E-state index in [1.165, 1.54) is 11.9 Å². The molecule has 0 bridgehead atoms. The molecule has 0 amide bonds. The van der Waals surface area contributed by atoms with E-state index in [2.05, 4.69) is 5.32 Å². The van der Waals surface area contributed by atoms with Crippen molar-refractivity contribution in [3.05, 3.63) is 0 Å². The summed E-state index contributed by atoms with van der Waals surface area (Å²) in [6.07, 6.45) is -4.11. The summed E-state index contributed by atoms with van der Waals surface area (Å²) in [5.74, 6) is 0. The van der Waals surface area contributed by atoms with Crippen LogP contribution in [0.1, 0.15) is 13.8 Å². The van der Waals surface area contributed by atoms with Crippen molar-refractivity contribution in [1.82, 2.24) is 10.2 Å². The lowest BCUT2D eigenvalue weighted by atomic mass is 10.1. The Morgan fingerprint density at radius 3 is 1.92 bits per heavy atom. The third-order valence-electron chi connectivity index (χ3n) is 1.79. The molecule has 0 fully saturated rings. The zero-order valence-corrected chi connectivity index (χ0v) is 8.50. The molecule has 0 unspecified atom stereocenters. The number of hydrogen-bond acceptors (Lipinski definition) is 2. The minimum atomic E-state index is -4.11. The number of nitrogens with zero attached hydrogens (tertiary/aromatic N) is 1. The molecular formula is C8H17F3N2. The molecule has 0 aromatic carbocycles. The van der Waals surface area contributed by atoms with Crippen LogP contribution in [0.5, 0.6) is 0 Å². The zero-order chi connectivity index (χ0) is 10.7. The summed E-state index contributed by atoms with van der Waals surface area (Å²) in [5, 5.41) is 2.95. The quantitative estimate of drug-likeness (QED) is 0.736. The summed E-state index contributed by atoms with van der Waals surface area (Å²) < 4.78 is 35.8. The lowest BCUT2D eigenvalue weighted by Crippen LogP contribution is -2.48. The second kappa shape index (κ2) is 4.28. The minimum Gasteiger partial charge on any atom is -0.314 e. The fourth-order valence-electron chi connectivity index (χ4n) is 1.12. The Bertz CT molecular complexity index is 154. The highest BCUT2D eigenvalue weighted by Crippen LogP contribution is 2.16. The first-order valence-electron chi connectivity index (χ1n) is 4.10. The van der Waals surface area contributed by atoms with E-state index < -0.39 is 12.7 Å². The summed E-state index contributed by atoms with van der Waals surface area (Å²) >= 11 is 0. The van der Waals surface area contributed by atoms with Crippen molar-refractivity contribution in [2.45, 2.75) is 25.6 Å². The molecule has 0 saturated carbocycles. The van der Waals surface area contributed by atoms with E-state index in [1.54, 1.807) is 7.05 Å². The third-order valence-corrected chi connectivity index (χ3v) is 1.79. The van der Waals surface area contributed by atoms with Crippen LogP contribution in [0.25, 0.3) is 0 Å². The standard InChI is InChI=1S/C8H17F3N2/c1-7(2,12-3)5-13(4)6-8(9,10)11/h12H,5-6H2,1-4H3. The maximum Gasteiger partial charge on any atom is 0.401 e. The number of halogens is 3. The van der Waals surface area contributed by atoms with Crippen LogP contribution in [-0.4, -0.2) is 43.8 Å². The number of nitrogens with one attached hydrogen (secondary N) is 1. The molecule has 2 nitrogen and oxygen atoms in total. The Balaban J connectivity index is 3.94. The smallest absolute Gasteiger partial charge is 0.314 e. The molecule has 80 valence electrons. The maximum absolute atomic E-state index is 11.9. The van der Waals surface area contributed by atoms with E-state index in [-0.39, 0.29) is 5.54 Å². The number of hydrogen-bond donors (Lipinski definition) is 1. The van der Waals surface area contributed by atoms with Crippen LogP contribution in [0, 0.1) is 0 Å². The van der Waals surface area contributed by atoms with E-state index >= 15 is 0 Å². The first-order valence-corrected chi connectivity index (χ1v) is 4.10. The Hall–Kier alpha value is -0.290. The number of rotatable bonds is 4. The van der Waals surface area contributed by atoms with Crippen molar-refractivity contribution < 1.29 is 13.2 Å². The van der Waals surface area contributed by atoms with Gasteiger partial charge < -0.3 is 5.32 Å². The van der Waals surface area contributed by atoms with Crippen LogP contribution >= 0.6 is 0 Å². The van der Waals surface area contributed by atoms with Gasteiger partial charge in [-0.15, -0.1) is 0 Å². The van der Waals surface area contributed by atoms with E-state index in [1.807, 2.05) is 13.8 Å². The summed E-state index contributed by atoms with van der Waals surface area (Å²) in [4.78, 5) is 1.26. The van der Waals surface area contributed by atoms with Crippen LogP contribution < -0.4 is 5.32 Å². The molecule has 0 heterocycles. The predicted molar refractivity (Wildman–Crippen MR) is 46.7 cm³/mol. The molecule has 0 aliphatic heterocycles. The van der Waals surface area contributed by atoms with Gasteiger partial charge in [-0.05, 0) is 27.9 Å². The lowest BCUT2D eigenvalue weighted by molar-refractivity contribution is -0.144. The van der Waals surface area contributed by atoms with Gasteiger partial charge in [0.25, 0.3) is 0 Å². The van der Waals surface area contributed by atoms with E-state index in [0.29, 0.717) is 6.54 Å². The molecule has 0 spiro atoms. The third kappa shape index (κ3) is 6.83. The molecule has 5 heteroatoms. The van der Waals surface area contributed by atoms with Gasteiger partial charge in [0, 0.05) is 12.1 Å². The molecule has 0 rings (SSSR count). The fraction of sp³-hybridized carbons (Fsp3) is 1.00. The number of alkyl halides is 3. The van der Waals surface area contributed by atoms with E-state index in [4.69, 9.17) is 0 Å². The molecule has 0 aromatic heterocycles. The lowest BCUT2D eigenvalue weighted by Gasteiger charge is -2.30. The molecule has 0 aromatic rings. The van der Waals surface area contributed by atoms with Gasteiger partial charge in [0.1, 0.15) is 0 Å². The summed E-state index contributed by atoms with van der Waals surface area (Å²) in [5.41, 5.74) is -0.292. The van der Waals surface area contributed by atoms with Crippen molar-refractivity contribution in [2.24, 2.45) is 0 Å². The molecule has 0 aliphatic rings. The van der Waals surface area contributed by atoms with Gasteiger partial charge in [-0.1, -0.05) is 0 Å². The monoisotopic (exact) mass is 198 g/mol. The molecule has 0 aliphatic carbocycles. The minimum absolute atomic E-state index is 0.292. The van der Waals surface area contributed by atoms with Gasteiger partial charge in [0.2, 0.25) is 0 Å². The van der Waals surface area contributed by atoms with Crippen molar-refractivity contribution >= 4 is 0 Å². The van der Waals surface area contributed by atoms with Gasteiger partial charge in [0.15, 0.2) is 0 Å². The molecular weight excluding hydrogens is 181 g/mol. The average Bonchev–Trinajstić information content (AvgIpc) is 1.81. The van der Waals surface area contributed by atoms with Crippen LogP contribution in [0.2, 0.25) is 0 Å². The van der Waals surface area contributed by atoms with Crippen LogP contribution in [0.15, 0.2) is 0 Å². The normalized spacial score (nSPS) is 13.8. The summed E-state index contributed by atoms with van der Waals surface area (Å²) in [6, 6.07) is 0. The Kier molecular flexibility index (Phi) is 4.19. The molecule has 13 heavy (non-hydrogen) atoms. The van der Waals surface area contributed by atoms with Gasteiger partial charge in [-0.25, -0.2) is 0 Å². The van der Waals surface area contributed by atoms with Gasteiger partial charge in [-0.3, -0.25) is 4.90 Å². The van der Waals surface area contributed by atoms with Gasteiger partial charge in [-0.2, -0.15) is 13.2 Å². The molecule has 0 saturated heterocycles. The summed E-state index contributed by atoms with van der Waals surface area (Å²) in [6.45, 7) is 3.22. The van der Waals surface area contributed by atoms with Crippen LogP contribution in [-0.2, 0) is 0 Å². The maximum atomic E-state index is 11.9. The van der Waals surface area contributed by atoms with E-state index in [9.17, 15) is 13.2 Å². The van der Waals surface area contributed by atoms with Crippen LogP contribution in [0.3, 0.4) is 0 Å². The van der Waals surface area contributed by atoms with Crippen molar-refractivity contribution in [3.63, 3.8) is 0 Å². The van der Waals surface area contributed by atoms with Crippen LogP contribution in [0.4, 0.5) is 13.2 Å². The highest BCUT2D eigenvalue weighted by molar-refractivity contribution is 4.79. The fourth-order valence-corrected chi connectivity index (χ4v) is 1.12. The molecule has 0 atom stereocenters. The predicted octanol–water partition coefficient (Wildman–Crippen LogP) is 1.48. The first-order chi connectivity index (χ1) is 5.66. The van der Waals surface area contributed by atoms with Crippen molar-refractivity contribution in [1.29, 1.82) is 0 Å². The highest BCUT2D eigenvalue weighted by atomic mass is 19.4. The molecule has 0 radical (unpaired) electrons. The Morgan fingerprint density at radius 2 is 1.62 bits per heavy atom. The highest BCUT2D eigenvalue weighted by Gasteiger charge is 2.30. The topological polar surface area (TPSA) is 15.3 Å². The molecule has 1 N–H and O–H groups in total. The van der Waals surface area contributed by atoms with Gasteiger partial charge >= 0.3 is 6.18 Å². The second-order valence-electron chi connectivity index (χ2n) is 3.92. The summed E-state index contributed by atoms with van der Waals surface area (Å²) in [7, 11) is 3.20. The average molecular weight is 198 g/mol. The number of likely N-dealkylation sites (N-methyl/N-ethyl adjacent to an activating group) is 2. The van der Waals surface area contributed by atoms with Crippen molar-refractivity contribution in [3.8, 4) is 0 Å². The first kappa shape index (κ1) is 12.7. The SMILES string of the molecule is CNC(C)(C)CN(C)CC(F)(F)F. The largest absolute Gasteiger partial charge is 0.401 e. The second-order valence-corrected chi connectivity index (χ2v) is 3.92. The Morgan fingerprint density at radius 1 is 1.15 bits per heavy atom.